The predicted molar refractivity (Wildman–Crippen MR) is 64.4 cm³/mol. The summed E-state index contributed by atoms with van der Waals surface area (Å²) in [4.78, 5) is 15.8. The first-order valence-corrected chi connectivity index (χ1v) is 5.34. The second-order valence-electron chi connectivity index (χ2n) is 3.84. The molecule has 1 aromatic carbocycles. The van der Waals surface area contributed by atoms with Gasteiger partial charge in [0.1, 0.15) is 11.3 Å². The molecule has 0 spiro atoms. The zero-order chi connectivity index (χ0) is 12.4. The van der Waals surface area contributed by atoms with Crippen molar-refractivity contribution in [3.63, 3.8) is 0 Å². The van der Waals surface area contributed by atoms with Crippen molar-refractivity contribution in [2.45, 2.75) is 20.0 Å². The van der Waals surface area contributed by atoms with E-state index in [2.05, 4.69) is 4.99 Å². The second kappa shape index (κ2) is 4.41. The Balaban J connectivity index is 2.36. The van der Waals surface area contributed by atoms with Crippen molar-refractivity contribution in [1.29, 1.82) is 0 Å². The fourth-order valence-electron chi connectivity index (χ4n) is 1.67. The van der Waals surface area contributed by atoms with E-state index in [-0.39, 0.29) is 11.3 Å². The van der Waals surface area contributed by atoms with E-state index >= 15 is 0 Å². The first-order chi connectivity index (χ1) is 8.09. The van der Waals surface area contributed by atoms with Gasteiger partial charge in [-0.1, -0.05) is 18.2 Å². The van der Waals surface area contributed by atoms with E-state index in [4.69, 9.17) is 4.74 Å². The topological polar surface area (TPSA) is 58.9 Å². The standard InChI is InChI=1S/C13H13NO3/c1-8(14-10-6-4-3-5-7-10)11-12(15)9(2)17-13(11)16/h3-7,9,15H,1-2H3/t9-/m1/s1. The molecule has 0 aromatic heterocycles. The minimum Gasteiger partial charge on any atom is -0.507 e. The molecular formula is C13H13NO3. The molecular weight excluding hydrogens is 218 g/mol. The van der Waals surface area contributed by atoms with E-state index in [1.807, 2.05) is 30.3 Å². The maximum Gasteiger partial charge on any atom is 0.344 e. The average Bonchev–Trinajstić information content (AvgIpc) is 2.54. The molecule has 0 amide bonds. The molecule has 2 rings (SSSR count). The van der Waals surface area contributed by atoms with Gasteiger partial charge < -0.3 is 9.84 Å². The Bertz CT molecular complexity index is 503. The number of benzene rings is 1. The summed E-state index contributed by atoms with van der Waals surface area (Å²) in [6.07, 6.45) is -0.585. The molecule has 17 heavy (non-hydrogen) atoms. The highest BCUT2D eigenvalue weighted by molar-refractivity contribution is 6.21. The summed E-state index contributed by atoms with van der Waals surface area (Å²) in [5, 5.41) is 9.73. The van der Waals surface area contributed by atoms with Gasteiger partial charge in [-0.25, -0.2) is 4.79 Å². The molecule has 0 radical (unpaired) electrons. The maximum atomic E-state index is 11.5. The lowest BCUT2D eigenvalue weighted by Crippen LogP contribution is -2.08. The molecule has 88 valence electrons. The quantitative estimate of drug-likeness (QED) is 0.628. The molecule has 1 atom stereocenters. The van der Waals surface area contributed by atoms with Gasteiger partial charge in [-0.2, -0.15) is 0 Å². The van der Waals surface area contributed by atoms with Gasteiger partial charge >= 0.3 is 5.97 Å². The molecule has 0 unspecified atom stereocenters. The molecule has 0 saturated carbocycles. The minimum atomic E-state index is -0.585. The molecule has 1 aliphatic heterocycles. The van der Waals surface area contributed by atoms with Crippen molar-refractivity contribution in [1.82, 2.24) is 0 Å². The van der Waals surface area contributed by atoms with E-state index in [1.54, 1.807) is 13.8 Å². The van der Waals surface area contributed by atoms with Crippen molar-refractivity contribution < 1.29 is 14.6 Å². The average molecular weight is 231 g/mol. The van der Waals surface area contributed by atoms with Crippen molar-refractivity contribution in [3.05, 3.63) is 41.7 Å². The first-order valence-electron chi connectivity index (χ1n) is 5.34. The van der Waals surface area contributed by atoms with Gasteiger partial charge in [0.15, 0.2) is 6.10 Å². The van der Waals surface area contributed by atoms with Crippen LogP contribution in [0.1, 0.15) is 13.8 Å². The van der Waals surface area contributed by atoms with E-state index in [1.165, 1.54) is 0 Å². The fraction of sp³-hybridized carbons (Fsp3) is 0.231. The predicted octanol–water partition coefficient (Wildman–Crippen LogP) is 2.54. The van der Waals surface area contributed by atoms with Gasteiger partial charge in [-0.3, -0.25) is 4.99 Å². The Labute approximate surface area is 99.3 Å². The Morgan fingerprint density at radius 3 is 2.53 bits per heavy atom. The maximum absolute atomic E-state index is 11.5. The van der Waals surface area contributed by atoms with Gasteiger partial charge in [0, 0.05) is 0 Å². The number of hydrogen-bond donors (Lipinski definition) is 1. The van der Waals surface area contributed by atoms with Crippen molar-refractivity contribution >= 4 is 17.4 Å². The number of carbonyl (C=O) groups is 1. The number of rotatable bonds is 2. The van der Waals surface area contributed by atoms with Crippen LogP contribution in [0.4, 0.5) is 5.69 Å². The van der Waals surface area contributed by atoms with E-state index in [0.29, 0.717) is 5.71 Å². The molecule has 1 aromatic rings. The molecule has 4 nitrogen and oxygen atoms in total. The molecule has 0 saturated heterocycles. The molecule has 1 N–H and O–H groups in total. The molecule has 0 bridgehead atoms. The smallest absolute Gasteiger partial charge is 0.344 e. The highest BCUT2D eigenvalue weighted by Crippen LogP contribution is 2.23. The van der Waals surface area contributed by atoms with Crippen LogP contribution >= 0.6 is 0 Å². The van der Waals surface area contributed by atoms with E-state index < -0.39 is 12.1 Å². The number of carbonyl (C=O) groups excluding carboxylic acids is 1. The van der Waals surface area contributed by atoms with Crippen LogP contribution in [-0.2, 0) is 9.53 Å². The van der Waals surface area contributed by atoms with Gasteiger partial charge in [-0.05, 0) is 26.0 Å². The van der Waals surface area contributed by atoms with Crippen LogP contribution in [0, 0.1) is 0 Å². The van der Waals surface area contributed by atoms with Crippen LogP contribution in [0.3, 0.4) is 0 Å². The Morgan fingerprint density at radius 1 is 1.35 bits per heavy atom. The van der Waals surface area contributed by atoms with Crippen LogP contribution in [0.15, 0.2) is 46.7 Å². The van der Waals surface area contributed by atoms with Crippen LogP contribution < -0.4 is 0 Å². The number of aliphatic hydroxyl groups excluding tert-OH is 1. The third-order valence-electron chi connectivity index (χ3n) is 2.54. The van der Waals surface area contributed by atoms with Crippen LogP contribution in [0.2, 0.25) is 0 Å². The summed E-state index contributed by atoms with van der Waals surface area (Å²) < 4.78 is 4.90. The molecule has 0 fully saturated rings. The lowest BCUT2D eigenvalue weighted by Gasteiger charge is -1.99. The van der Waals surface area contributed by atoms with E-state index in [9.17, 15) is 9.90 Å². The Kier molecular flexibility index (Phi) is 2.95. The number of para-hydroxylation sites is 1. The SMILES string of the molecule is CC(=Nc1ccccc1)C1=C(O)[C@@H](C)OC1=O. The normalized spacial score (nSPS) is 20.7. The van der Waals surface area contributed by atoms with Crippen LogP contribution in [0.25, 0.3) is 0 Å². The lowest BCUT2D eigenvalue weighted by molar-refractivity contribution is -0.139. The number of esters is 1. The summed E-state index contributed by atoms with van der Waals surface area (Å²) in [5.41, 5.74) is 1.36. The molecule has 4 heteroatoms. The molecule has 1 heterocycles. The van der Waals surface area contributed by atoms with Crippen molar-refractivity contribution in [2.75, 3.05) is 0 Å². The summed E-state index contributed by atoms with van der Waals surface area (Å²) in [6.45, 7) is 3.30. The zero-order valence-corrected chi connectivity index (χ0v) is 9.68. The largest absolute Gasteiger partial charge is 0.507 e. The van der Waals surface area contributed by atoms with Gasteiger partial charge in [0.25, 0.3) is 0 Å². The van der Waals surface area contributed by atoms with Crippen molar-refractivity contribution in [2.24, 2.45) is 4.99 Å². The number of ether oxygens (including phenoxy) is 1. The summed E-state index contributed by atoms with van der Waals surface area (Å²) in [7, 11) is 0. The van der Waals surface area contributed by atoms with Crippen LogP contribution in [0.5, 0.6) is 0 Å². The highest BCUT2D eigenvalue weighted by atomic mass is 16.6. The van der Waals surface area contributed by atoms with Crippen LogP contribution in [-0.4, -0.2) is 22.9 Å². The lowest BCUT2D eigenvalue weighted by atomic mass is 10.1. The van der Waals surface area contributed by atoms with Gasteiger partial charge in [0.2, 0.25) is 0 Å². The molecule has 0 aliphatic carbocycles. The minimum absolute atomic E-state index is 0.0489. The number of cyclic esters (lactones) is 1. The first kappa shape index (κ1) is 11.4. The van der Waals surface area contributed by atoms with Gasteiger partial charge in [0.05, 0.1) is 11.4 Å². The number of aliphatic hydroxyl groups is 1. The van der Waals surface area contributed by atoms with Crippen molar-refractivity contribution in [3.8, 4) is 0 Å². The number of aliphatic imine (C=N–C) groups is 1. The molecule has 1 aliphatic rings. The third kappa shape index (κ3) is 2.20. The summed E-state index contributed by atoms with van der Waals surface area (Å²) in [5.74, 6) is -0.570. The van der Waals surface area contributed by atoms with Gasteiger partial charge in [-0.15, -0.1) is 0 Å². The zero-order valence-electron chi connectivity index (χ0n) is 9.68. The third-order valence-corrected chi connectivity index (χ3v) is 2.54. The highest BCUT2D eigenvalue weighted by Gasteiger charge is 2.32. The number of hydrogen-bond acceptors (Lipinski definition) is 4. The van der Waals surface area contributed by atoms with E-state index in [0.717, 1.165) is 5.69 Å². The second-order valence-corrected chi connectivity index (χ2v) is 3.84. The summed E-state index contributed by atoms with van der Waals surface area (Å²) in [6, 6.07) is 9.25. The fourth-order valence-corrected chi connectivity index (χ4v) is 1.67. The number of nitrogens with zero attached hydrogens (tertiary/aromatic N) is 1. The Hall–Kier alpha value is -2.10. The monoisotopic (exact) mass is 231 g/mol. The summed E-state index contributed by atoms with van der Waals surface area (Å²) >= 11 is 0. The Morgan fingerprint density at radius 2 is 2.00 bits per heavy atom.